The summed E-state index contributed by atoms with van der Waals surface area (Å²) in [5.41, 5.74) is 7.82. The molecule has 1 fully saturated rings. The first-order valence-electron chi connectivity index (χ1n) is 12.5. The fraction of sp³-hybridized carbons (Fsp3) is 0.462. The van der Waals surface area contributed by atoms with Crippen molar-refractivity contribution >= 4 is 23.6 Å². The fourth-order valence-corrected chi connectivity index (χ4v) is 4.26. The molecule has 0 radical (unpaired) electrons. The molecule has 1 atom stereocenters. The Bertz CT molecular complexity index is 1170. The van der Waals surface area contributed by atoms with Crippen molar-refractivity contribution in [2.75, 3.05) is 45.6 Å². The summed E-state index contributed by atoms with van der Waals surface area (Å²) in [6.07, 6.45) is 5.56. The Balaban J connectivity index is 1.53. The van der Waals surface area contributed by atoms with Gasteiger partial charge in [0.2, 0.25) is 0 Å². The number of alkyl halides is 1. The summed E-state index contributed by atoms with van der Waals surface area (Å²) in [5, 5.41) is 0. The summed E-state index contributed by atoms with van der Waals surface area (Å²) < 4.78 is 39.7. The molecule has 37 heavy (non-hydrogen) atoms. The van der Waals surface area contributed by atoms with Crippen LogP contribution in [0.25, 0.3) is 0 Å². The first-order valence-corrected chi connectivity index (χ1v) is 12.5. The van der Waals surface area contributed by atoms with E-state index in [1.807, 2.05) is 18.9 Å². The van der Waals surface area contributed by atoms with Crippen LogP contribution in [0.15, 0.2) is 46.2 Å². The van der Waals surface area contributed by atoms with Crippen LogP contribution < -0.4 is 15.2 Å². The van der Waals surface area contributed by atoms with Crippen LogP contribution >= 0.6 is 0 Å². The van der Waals surface area contributed by atoms with Crippen molar-refractivity contribution in [3.05, 3.63) is 47.5 Å². The number of aliphatic imine (C=N–C) groups is 2. The number of nitrogens with two attached hydrogens (primary N) is 1. The lowest BCUT2D eigenvalue weighted by Gasteiger charge is -2.25. The minimum absolute atomic E-state index is 0.110. The van der Waals surface area contributed by atoms with E-state index >= 15 is 0 Å². The van der Waals surface area contributed by atoms with E-state index in [9.17, 15) is 8.78 Å². The van der Waals surface area contributed by atoms with E-state index in [1.54, 1.807) is 18.3 Å². The summed E-state index contributed by atoms with van der Waals surface area (Å²) in [6.45, 7) is 5.89. The Kier molecular flexibility index (Phi) is 8.99. The molecule has 2 aliphatic heterocycles. The molecule has 0 saturated carbocycles. The van der Waals surface area contributed by atoms with Crippen LogP contribution in [0.5, 0.6) is 11.8 Å². The van der Waals surface area contributed by atoms with E-state index in [0.717, 1.165) is 25.2 Å². The van der Waals surface area contributed by atoms with E-state index in [-0.39, 0.29) is 24.0 Å². The maximum absolute atomic E-state index is 14.4. The van der Waals surface area contributed by atoms with Gasteiger partial charge in [-0.1, -0.05) is 6.07 Å². The third kappa shape index (κ3) is 7.22. The molecule has 0 spiro atoms. The molecule has 1 unspecified atom stereocenters. The molecule has 198 valence electrons. The van der Waals surface area contributed by atoms with Gasteiger partial charge in [0, 0.05) is 44.5 Å². The molecule has 0 aliphatic carbocycles. The van der Waals surface area contributed by atoms with Gasteiger partial charge in [0.1, 0.15) is 24.3 Å². The molecule has 4 rings (SSSR count). The molecule has 9 nitrogen and oxygen atoms in total. The van der Waals surface area contributed by atoms with Crippen molar-refractivity contribution in [3.63, 3.8) is 0 Å². The van der Waals surface area contributed by atoms with Gasteiger partial charge >= 0.3 is 6.01 Å². The van der Waals surface area contributed by atoms with Gasteiger partial charge in [-0.3, -0.25) is 9.89 Å². The molecule has 1 aromatic carbocycles. The number of halogens is 2. The van der Waals surface area contributed by atoms with Crippen molar-refractivity contribution in [2.45, 2.75) is 38.9 Å². The van der Waals surface area contributed by atoms with Gasteiger partial charge in [-0.25, -0.2) is 18.8 Å². The van der Waals surface area contributed by atoms with E-state index in [2.05, 4.69) is 24.9 Å². The highest BCUT2D eigenvalue weighted by Gasteiger charge is 2.21. The number of nitrogens with zero attached hydrogens (tertiary/aromatic N) is 6. The molecule has 2 N–H and O–H groups in total. The molecule has 1 saturated heterocycles. The fourth-order valence-electron chi connectivity index (χ4n) is 4.26. The van der Waals surface area contributed by atoms with Gasteiger partial charge in [0.15, 0.2) is 17.4 Å². The maximum atomic E-state index is 14.4. The molecule has 0 amide bonds. The van der Waals surface area contributed by atoms with Gasteiger partial charge in [-0.2, -0.15) is 4.98 Å². The molecule has 11 heteroatoms. The van der Waals surface area contributed by atoms with Crippen LogP contribution in [0.3, 0.4) is 0 Å². The molecular formula is C26H33F2N7O2. The minimum atomic E-state index is -1.23. The summed E-state index contributed by atoms with van der Waals surface area (Å²) in [6, 6.07) is 4.93. The Morgan fingerprint density at radius 3 is 2.81 bits per heavy atom. The smallest absolute Gasteiger partial charge is 0.318 e. The molecular weight excluding hydrogens is 480 g/mol. The number of benzene rings is 1. The van der Waals surface area contributed by atoms with Crippen molar-refractivity contribution in [1.82, 2.24) is 19.8 Å². The van der Waals surface area contributed by atoms with Gasteiger partial charge in [0.25, 0.3) is 0 Å². The topological polar surface area (TPSA) is 101 Å². The maximum Gasteiger partial charge on any atom is 0.318 e. The second kappa shape index (κ2) is 12.6. The number of aromatic nitrogens is 2. The van der Waals surface area contributed by atoms with Crippen LogP contribution in [-0.2, 0) is 6.54 Å². The predicted octanol–water partition coefficient (Wildman–Crippen LogP) is 3.93. The monoisotopic (exact) mass is 513 g/mol. The van der Waals surface area contributed by atoms with Crippen molar-refractivity contribution in [3.8, 4) is 11.8 Å². The number of hydrogen-bond acceptors (Lipinski definition) is 8. The number of likely N-dealkylation sites (tertiary alicyclic amines) is 1. The Hall–Kier alpha value is -3.60. The lowest BCUT2D eigenvalue weighted by atomic mass is 10.1. The largest absolute Gasteiger partial charge is 0.489 e. The Morgan fingerprint density at radius 2 is 2.08 bits per heavy atom. The number of amidine groups is 1. The number of ether oxygens (including phenoxy) is 2. The zero-order chi connectivity index (χ0) is 26.2. The number of anilines is 1. The van der Waals surface area contributed by atoms with E-state index < -0.39 is 12.0 Å². The van der Waals surface area contributed by atoms with Crippen LogP contribution in [0.4, 0.5) is 20.3 Å². The zero-order valence-corrected chi connectivity index (χ0v) is 21.2. The number of hydrogen-bond donors (Lipinski definition) is 1. The van der Waals surface area contributed by atoms with Crippen LogP contribution in [0.1, 0.15) is 31.7 Å². The van der Waals surface area contributed by atoms with Crippen LogP contribution in [0, 0.1) is 5.82 Å². The average Bonchev–Trinajstić information content (AvgIpc) is 3.39. The molecule has 2 aromatic rings. The van der Waals surface area contributed by atoms with Crippen molar-refractivity contribution < 1.29 is 18.3 Å². The Labute approximate surface area is 215 Å². The lowest BCUT2D eigenvalue weighted by Crippen LogP contribution is -2.30. The van der Waals surface area contributed by atoms with E-state index in [0.29, 0.717) is 36.9 Å². The third-order valence-corrected chi connectivity index (χ3v) is 6.10. The summed E-state index contributed by atoms with van der Waals surface area (Å²) in [5.74, 6) is 0.389. The number of nitrogen functional groups attached to an aromatic ring is 1. The molecule has 3 heterocycles. The zero-order valence-electron chi connectivity index (χ0n) is 21.2. The second-order valence-corrected chi connectivity index (χ2v) is 8.98. The highest BCUT2D eigenvalue weighted by Crippen LogP contribution is 2.26. The van der Waals surface area contributed by atoms with Gasteiger partial charge in [-0.05, 0) is 50.6 Å². The predicted molar refractivity (Wildman–Crippen MR) is 140 cm³/mol. The van der Waals surface area contributed by atoms with Crippen LogP contribution in [-0.4, -0.2) is 77.9 Å². The summed E-state index contributed by atoms with van der Waals surface area (Å²) in [4.78, 5) is 21.1. The standard InChI is InChI=1S/C26H33F2N7O2/c1-3-36-26-31-16-22(24(29)33-26)32-25(19-13-20(27)15-30-14-19)34(2)17-18-6-7-21(28)23(12-18)37-11-10-35-8-4-5-9-35/h6-7,12,14-16,20H,3-5,8-11,13,17H2,1-2H3,(H2,29,31,33)/b32-25-. The minimum Gasteiger partial charge on any atom is -0.489 e. The highest BCUT2D eigenvalue weighted by molar-refractivity contribution is 6.01. The first-order chi connectivity index (χ1) is 17.9. The molecule has 0 bridgehead atoms. The van der Waals surface area contributed by atoms with Crippen molar-refractivity contribution in [1.29, 1.82) is 0 Å². The van der Waals surface area contributed by atoms with E-state index in [1.165, 1.54) is 31.3 Å². The Morgan fingerprint density at radius 1 is 1.27 bits per heavy atom. The van der Waals surface area contributed by atoms with Crippen LogP contribution in [0.2, 0.25) is 0 Å². The number of likely N-dealkylation sites (N-methyl/N-ethyl adjacent to an activating group) is 1. The SMILES string of the molecule is CCOc1ncc(/N=C(/C2=CN=CC(F)C2)N(C)Cc2ccc(F)c(OCCN3CCCC3)c2)c(N)n1. The lowest BCUT2D eigenvalue weighted by molar-refractivity contribution is 0.231. The molecule has 2 aliphatic rings. The first kappa shape index (κ1) is 26.5. The highest BCUT2D eigenvalue weighted by atomic mass is 19.1. The quantitative estimate of drug-likeness (QED) is 0.379. The number of rotatable bonds is 10. The normalized spacial score (nSPS) is 18.1. The average molecular weight is 514 g/mol. The van der Waals surface area contributed by atoms with Gasteiger partial charge in [0.05, 0.1) is 12.8 Å². The van der Waals surface area contributed by atoms with Gasteiger partial charge < -0.3 is 20.1 Å². The third-order valence-electron chi connectivity index (χ3n) is 6.10. The summed E-state index contributed by atoms with van der Waals surface area (Å²) in [7, 11) is 1.81. The van der Waals surface area contributed by atoms with E-state index in [4.69, 9.17) is 15.2 Å². The molecule has 1 aromatic heterocycles. The van der Waals surface area contributed by atoms with Gasteiger partial charge in [-0.15, -0.1) is 0 Å². The second-order valence-electron chi connectivity index (χ2n) is 8.98. The summed E-state index contributed by atoms with van der Waals surface area (Å²) >= 11 is 0. The van der Waals surface area contributed by atoms with Crippen molar-refractivity contribution in [2.24, 2.45) is 9.98 Å².